The van der Waals surface area contributed by atoms with E-state index in [1.54, 1.807) is 72.8 Å². The standard InChI is InChI=1S/C44H22Cl8N4.2ClH.Mn/c45-21-5-1-6-22(46)37(21)41-29-13-15-31(53-29)42(38-23(47)7-2-8-24(38)48)33-17-19-35(55-33)44(40-27(51)11-4-12-28(40)52)36-20-18-34(56-36)43(32-16-14-30(41)54-32)39-25(49)9-3-10-26(39)50;;;/h1-20,53,56H;2*1H;/q;;;+2/p-2. The number of benzene rings is 4. The van der Waals surface area contributed by atoms with Gasteiger partial charge in [-0.1, -0.05) is 117 Å². The van der Waals surface area contributed by atoms with Gasteiger partial charge in [0.25, 0.3) is 0 Å². The third-order valence-corrected chi connectivity index (χ3v) is 12.1. The zero-order valence-corrected chi connectivity index (χ0v) is 38.3. The second-order valence-electron chi connectivity index (χ2n) is 12.9. The van der Waals surface area contributed by atoms with E-state index in [4.69, 9.17) is 103 Å². The fraction of sp³-hybridized carbons (Fsp3) is 0. The summed E-state index contributed by atoms with van der Waals surface area (Å²) in [4.78, 5) is 17.8. The Balaban J connectivity index is 0.00000195. The SMILES string of the molecule is Clc1cccc(Cl)c1-c1c2nc(c(-c3c(Cl)cccc3Cl)c3ccc([nH]3)c(-c3c(Cl)cccc3Cl)c3nc(c(-c4c(Cl)cccc4Cl)c4ccc1[nH]4)C=C3)C=C2.[Cl-].[Cl-].[Mn+2]. The predicted octanol–water partition coefficient (Wildman–Crippen LogP) is 10.6. The number of fused-ring (bicyclic) bond motifs is 8. The number of rotatable bonds is 4. The molecule has 9 rings (SSSR count). The molecule has 7 aromatic rings. The van der Waals surface area contributed by atoms with E-state index < -0.39 is 0 Å². The first-order valence-corrected chi connectivity index (χ1v) is 20.0. The molecule has 4 nitrogen and oxygen atoms in total. The van der Waals surface area contributed by atoms with Crippen LogP contribution in [-0.4, -0.2) is 19.9 Å². The number of aromatic nitrogens is 4. The topological polar surface area (TPSA) is 57.4 Å². The summed E-state index contributed by atoms with van der Waals surface area (Å²) in [7, 11) is 0. The smallest absolute Gasteiger partial charge is 1.00 e. The van der Waals surface area contributed by atoms with Crippen molar-refractivity contribution < 1.29 is 41.9 Å². The van der Waals surface area contributed by atoms with Crippen LogP contribution < -0.4 is 24.8 Å². The Morgan fingerprint density at radius 2 is 0.475 bits per heavy atom. The van der Waals surface area contributed by atoms with Crippen LogP contribution in [0.25, 0.3) is 90.9 Å². The molecule has 295 valence electrons. The van der Waals surface area contributed by atoms with Gasteiger partial charge >= 0.3 is 17.1 Å². The largest absolute Gasteiger partial charge is 2.00 e. The molecule has 15 heteroatoms. The Kier molecular flexibility index (Phi) is 14.2. The maximum absolute atomic E-state index is 6.95. The number of halogens is 10. The third kappa shape index (κ3) is 8.20. The van der Waals surface area contributed by atoms with Crippen LogP contribution in [0.3, 0.4) is 0 Å². The van der Waals surface area contributed by atoms with Crippen LogP contribution in [0.4, 0.5) is 0 Å². The molecule has 5 heterocycles. The second-order valence-corrected chi connectivity index (χ2v) is 16.1. The van der Waals surface area contributed by atoms with Gasteiger partial charge in [0.15, 0.2) is 0 Å². The molecule has 0 amide bonds. The fourth-order valence-electron chi connectivity index (χ4n) is 7.20. The monoisotopic (exact) mass is 1010 g/mol. The Morgan fingerprint density at radius 3 is 0.661 bits per heavy atom. The van der Waals surface area contributed by atoms with E-state index >= 15 is 0 Å². The van der Waals surface area contributed by atoms with Crippen LogP contribution in [0.5, 0.6) is 0 Å². The molecular formula is C44H22Cl10MnN4. The average Bonchev–Trinajstić information content (AvgIpc) is 4.00. The van der Waals surface area contributed by atoms with Crippen molar-refractivity contribution in [2.75, 3.05) is 0 Å². The van der Waals surface area contributed by atoms with E-state index in [9.17, 15) is 0 Å². The summed E-state index contributed by atoms with van der Waals surface area (Å²) in [6.45, 7) is 0. The summed E-state index contributed by atoms with van der Waals surface area (Å²) in [5.41, 5.74) is 10.1. The minimum absolute atomic E-state index is 0. The minimum Gasteiger partial charge on any atom is -1.00 e. The van der Waals surface area contributed by atoms with E-state index in [2.05, 4.69) is 9.97 Å². The molecule has 8 bridgehead atoms. The Hall–Kier alpha value is -3.10. The number of H-pyrrole nitrogens is 2. The van der Waals surface area contributed by atoms with Gasteiger partial charge in [-0.25, -0.2) is 9.97 Å². The molecule has 2 N–H and O–H groups in total. The summed E-state index contributed by atoms with van der Waals surface area (Å²) >= 11 is 55.6. The Bertz CT molecular complexity index is 2570. The van der Waals surface area contributed by atoms with Crippen molar-refractivity contribution in [1.82, 2.24) is 19.9 Å². The van der Waals surface area contributed by atoms with Crippen LogP contribution in [-0.2, 0) is 17.1 Å². The van der Waals surface area contributed by atoms with E-state index in [1.165, 1.54) is 0 Å². The molecule has 0 atom stereocenters. The summed E-state index contributed by atoms with van der Waals surface area (Å²) in [6.07, 6.45) is 7.66. The van der Waals surface area contributed by atoms with E-state index in [0.717, 1.165) is 0 Å². The molecule has 0 aliphatic carbocycles. The number of hydrogen-bond acceptors (Lipinski definition) is 2. The van der Waals surface area contributed by atoms with Crippen molar-refractivity contribution in [3.63, 3.8) is 0 Å². The zero-order valence-electron chi connectivity index (χ0n) is 29.6. The van der Waals surface area contributed by atoms with Crippen molar-refractivity contribution in [3.05, 3.63) is 160 Å². The van der Waals surface area contributed by atoms with Gasteiger partial charge in [-0.15, -0.1) is 0 Å². The van der Waals surface area contributed by atoms with Gasteiger partial charge in [-0.3, -0.25) is 0 Å². The molecule has 0 spiro atoms. The normalized spacial score (nSPS) is 11.5. The molecule has 2 aliphatic heterocycles. The molecule has 0 unspecified atom stereocenters. The first-order valence-electron chi connectivity index (χ1n) is 17.0. The molecule has 1 radical (unpaired) electrons. The van der Waals surface area contributed by atoms with E-state index in [0.29, 0.717) is 130 Å². The van der Waals surface area contributed by atoms with Crippen molar-refractivity contribution in [2.45, 2.75) is 0 Å². The van der Waals surface area contributed by atoms with Crippen LogP contribution in [0.2, 0.25) is 40.2 Å². The van der Waals surface area contributed by atoms with Crippen molar-refractivity contribution in [2.24, 2.45) is 0 Å². The van der Waals surface area contributed by atoms with E-state index in [-0.39, 0.29) is 41.9 Å². The third-order valence-electron chi connectivity index (χ3n) is 9.60. The summed E-state index contributed by atoms with van der Waals surface area (Å²) in [5.74, 6) is 0. The maximum atomic E-state index is 6.95. The van der Waals surface area contributed by atoms with Crippen LogP contribution in [0.15, 0.2) is 97.1 Å². The van der Waals surface area contributed by atoms with Gasteiger partial charge in [0.2, 0.25) is 0 Å². The molecule has 0 saturated heterocycles. The van der Waals surface area contributed by atoms with Crippen molar-refractivity contribution >= 4 is 139 Å². The number of hydrogen-bond donors (Lipinski definition) is 2. The molecule has 4 aromatic carbocycles. The minimum atomic E-state index is 0. The summed E-state index contributed by atoms with van der Waals surface area (Å²) in [6, 6.07) is 29.3. The summed E-state index contributed by atoms with van der Waals surface area (Å²) < 4.78 is 0. The average molecular weight is 1020 g/mol. The number of aromatic amines is 2. The van der Waals surface area contributed by atoms with Crippen LogP contribution in [0.1, 0.15) is 22.8 Å². The van der Waals surface area contributed by atoms with Gasteiger partial charge < -0.3 is 34.8 Å². The second kappa shape index (κ2) is 18.5. The molecule has 0 fully saturated rings. The van der Waals surface area contributed by atoms with Crippen molar-refractivity contribution in [1.29, 1.82) is 0 Å². The first-order chi connectivity index (χ1) is 27.1. The van der Waals surface area contributed by atoms with Gasteiger partial charge in [-0.05, 0) is 97.1 Å². The van der Waals surface area contributed by atoms with E-state index in [1.807, 2.05) is 48.6 Å². The predicted molar refractivity (Wildman–Crippen MR) is 241 cm³/mol. The van der Waals surface area contributed by atoms with Gasteiger partial charge in [0, 0.05) is 66.6 Å². The fourth-order valence-corrected chi connectivity index (χ4v) is 9.55. The maximum Gasteiger partial charge on any atom is 2.00 e. The van der Waals surface area contributed by atoms with Gasteiger partial charge in [0.1, 0.15) is 0 Å². The molecule has 2 aliphatic rings. The quantitative estimate of drug-likeness (QED) is 0.173. The number of nitrogens with one attached hydrogen (secondary N) is 2. The zero-order chi connectivity index (χ0) is 38.8. The van der Waals surface area contributed by atoms with Crippen molar-refractivity contribution in [3.8, 4) is 44.5 Å². The van der Waals surface area contributed by atoms with Gasteiger partial charge in [0.05, 0.1) is 63.0 Å². The molecule has 59 heavy (non-hydrogen) atoms. The molecule has 3 aromatic heterocycles. The molecular weight excluding hydrogens is 994 g/mol. The Labute approximate surface area is 401 Å². The van der Waals surface area contributed by atoms with Crippen LogP contribution in [0, 0.1) is 0 Å². The Morgan fingerprint density at radius 1 is 0.288 bits per heavy atom. The molecule has 0 saturated carbocycles. The first kappa shape index (κ1) is 45.4. The van der Waals surface area contributed by atoms with Gasteiger partial charge in [-0.2, -0.15) is 0 Å². The summed E-state index contributed by atoms with van der Waals surface area (Å²) in [5, 5.41) is 3.53. The van der Waals surface area contributed by atoms with Crippen LogP contribution >= 0.6 is 92.8 Å². The number of nitrogens with zero attached hydrogens (tertiary/aromatic N) is 2.